The first-order valence-corrected chi connectivity index (χ1v) is 25.2. The normalized spacial score (nSPS) is 27.9. The van der Waals surface area contributed by atoms with Gasteiger partial charge in [0.15, 0.2) is 17.6 Å². The fraction of sp³-hybridized carbons (Fsp3) is 0.592. The van der Waals surface area contributed by atoms with Crippen LogP contribution in [0.4, 0.5) is 4.79 Å². The van der Waals surface area contributed by atoms with Crippen molar-refractivity contribution in [2.45, 2.75) is 139 Å². The second-order valence-corrected chi connectivity index (χ2v) is 20.4. The molecule has 7 amide bonds. The lowest BCUT2D eigenvalue weighted by Gasteiger charge is -2.33. The third kappa shape index (κ3) is 15.7. The first kappa shape index (κ1) is 58.7. The average molecular weight is 1100 g/mol. The number of nitrogens with one attached hydrogen (secondary N) is 5. The Labute approximate surface area is 436 Å². The van der Waals surface area contributed by atoms with Gasteiger partial charge in [-0.1, -0.05) is 59.3 Å². The minimum Gasteiger partial charge on any atom is -0.489 e. The van der Waals surface area contributed by atoms with Gasteiger partial charge in [-0.25, -0.2) is 11.4 Å². The summed E-state index contributed by atoms with van der Waals surface area (Å²) in [5.41, 5.74) is 0.144. The van der Waals surface area contributed by atoms with Crippen LogP contribution in [0.3, 0.4) is 0 Å². The first-order valence-electron chi connectivity index (χ1n) is 24.1. The summed E-state index contributed by atoms with van der Waals surface area (Å²) in [6, 6.07) is 2.97. The van der Waals surface area contributed by atoms with E-state index in [1.807, 2.05) is 30.3 Å². The lowest BCUT2D eigenvalue weighted by Crippen LogP contribution is -2.64. The maximum Gasteiger partial charge on any atom is 0.408 e. The third-order valence-corrected chi connectivity index (χ3v) is 12.8. The molecule has 0 radical (unpaired) electrons. The number of rotatable bonds is 13. The van der Waals surface area contributed by atoms with E-state index in [9.17, 15) is 64.2 Å². The Balaban J connectivity index is 1.57. The summed E-state index contributed by atoms with van der Waals surface area (Å²) in [4.78, 5) is 104. The number of benzene rings is 2. The van der Waals surface area contributed by atoms with Gasteiger partial charge >= 0.3 is 6.09 Å². The number of alkyl carbamates (subject to hydrolysis) is 1. The molecule has 0 spiro atoms. The molecule has 3 fully saturated rings. The van der Waals surface area contributed by atoms with Crippen molar-refractivity contribution in [3.8, 4) is 11.5 Å². The summed E-state index contributed by atoms with van der Waals surface area (Å²) in [5, 5.41) is 79.9. The number of alkyl halides is 1. The van der Waals surface area contributed by atoms with Crippen LogP contribution in [0.1, 0.15) is 58.6 Å². The number of β-amino-alcohol motifs (C(OH)–C–C–N with tert-alkyl or cyclic N) is 1. The van der Waals surface area contributed by atoms with Gasteiger partial charge in [-0.15, -0.1) is 0 Å². The molecule has 5 rings (SSSR count). The number of amides is 7. The smallest absolute Gasteiger partial charge is 0.408 e. The maximum atomic E-state index is 14.7. The van der Waals surface area contributed by atoms with Gasteiger partial charge in [0.25, 0.3) is 0 Å². The molecule has 74 heavy (non-hydrogen) atoms. The van der Waals surface area contributed by atoms with Crippen LogP contribution in [0.15, 0.2) is 48.5 Å². The highest BCUT2D eigenvalue weighted by Gasteiger charge is 2.50. The lowest BCUT2D eigenvalue weighted by atomic mass is 9.99. The molecule has 24 nitrogen and oxygen atoms in total. The van der Waals surface area contributed by atoms with Crippen LogP contribution in [0.5, 0.6) is 11.5 Å². The molecule has 3 heterocycles. The number of carbonyl (C=O) groups is 7. The molecule has 0 bridgehead atoms. The van der Waals surface area contributed by atoms with Crippen LogP contribution in [-0.2, 0) is 46.5 Å². The van der Waals surface area contributed by atoms with Crippen LogP contribution in [0, 0.1) is 12.5 Å². The number of fused-ring (bicyclic) bond motifs is 2. The van der Waals surface area contributed by atoms with Crippen molar-refractivity contribution in [3.63, 3.8) is 0 Å². The van der Waals surface area contributed by atoms with E-state index in [0.29, 0.717) is 16.6 Å². The van der Waals surface area contributed by atoms with Gasteiger partial charge in [-0.3, -0.25) is 28.8 Å². The fourth-order valence-electron chi connectivity index (χ4n) is 8.72. The van der Waals surface area contributed by atoms with Crippen molar-refractivity contribution in [2.24, 2.45) is 5.92 Å². The quantitative estimate of drug-likeness (QED) is 0.0764. The minimum atomic E-state index is -2.05. The Bertz CT molecular complexity index is 2350. The van der Waals surface area contributed by atoms with E-state index in [4.69, 9.17) is 20.8 Å². The van der Waals surface area contributed by atoms with Crippen LogP contribution >= 0.6 is 15.9 Å². The molecule has 2 aromatic carbocycles. The van der Waals surface area contributed by atoms with Crippen LogP contribution < -0.4 is 36.1 Å². The van der Waals surface area contributed by atoms with E-state index in [2.05, 4.69) is 47.4 Å². The number of nitrogens with zero attached hydrogens (tertiary/aromatic N) is 3. The van der Waals surface area contributed by atoms with E-state index in [0.717, 1.165) is 22.3 Å². The SMILES string of the molecule is [C-]#[N+]C[C@@H](O)[C@@H]1NC(=O)[C@H]([C@H](O)Cc2ccc(OCc3ccccc3)c(OCCBr)c2)NC(=O)[C@@H]2C[C@@H](O)CN2C(=O)[C@H]([C@@H](C)O)NC(=O)C(NC(=O)OC(C)(C)C)C[C@@H](O)CNC(=O)[C@@H]2[C@@H](O)[C@@H](C)CN2C1=O. The predicted octanol–water partition coefficient (Wildman–Crippen LogP) is -2.00. The summed E-state index contributed by atoms with van der Waals surface area (Å²) in [7, 11) is 0. The highest BCUT2D eigenvalue weighted by Crippen LogP contribution is 2.31. The largest absolute Gasteiger partial charge is 0.489 e. The molecule has 3 aliphatic heterocycles. The standard InChI is InChI=1S/C49H67BrN8O16/c1-25-22-58-40(41(25)64)45(68)52-20-29(60)18-31(53-48(71)74-49(3,4)5)42(65)54-37(26(2)59)46(69)57-23-30(61)19-32(57)43(66)55-38(44(67)56-39(47(58)70)34(63)21-51-6)33(62)16-28-12-13-35(36(17-28)72-15-14-50)73-24-27-10-8-7-9-11-27/h7-13,17,25-26,29-34,37-41,59-64H,14-16,18-24H2,1-5H3,(H,52,68)(H,53,71)(H,54,65)(H,55,66)(H,56,67)/t25-,26+,29+,30+,31?,32-,33+,34+,37-,38-,39-,40-,41-/m0/s1. The predicted molar refractivity (Wildman–Crippen MR) is 265 cm³/mol. The van der Waals surface area contributed by atoms with E-state index < -0.39 is 165 Å². The number of ether oxygens (including phenoxy) is 3. The Hall–Kier alpha value is -6.14. The number of halogens is 1. The zero-order chi connectivity index (χ0) is 54.6. The number of carbonyl (C=O) groups excluding carboxylic acids is 7. The van der Waals surface area contributed by atoms with E-state index in [-0.39, 0.29) is 25.5 Å². The molecule has 25 heteroatoms. The van der Waals surface area contributed by atoms with Crippen molar-refractivity contribution >= 4 is 57.5 Å². The molecule has 3 aliphatic rings. The Kier molecular flexibility index (Phi) is 20.9. The summed E-state index contributed by atoms with van der Waals surface area (Å²) >= 11 is 3.33. The second kappa shape index (κ2) is 26.4. The molecule has 406 valence electrons. The number of aliphatic hydroxyl groups excluding tert-OH is 6. The van der Waals surface area contributed by atoms with Crippen LogP contribution in [0.25, 0.3) is 4.85 Å². The molecule has 1 unspecified atom stereocenters. The number of aliphatic hydroxyl groups is 6. The van der Waals surface area contributed by atoms with Gasteiger partial charge < -0.3 is 86.1 Å². The fourth-order valence-corrected chi connectivity index (χ4v) is 8.88. The molecule has 2 aromatic rings. The van der Waals surface area contributed by atoms with Crippen molar-refractivity contribution < 1.29 is 78.4 Å². The van der Waals surface area contributed by atoms with Crippen molar-refractivity contribution in [1.82, 2.24) is 36.4 Å². The van der Waals surface area contributed by atoms with E-state index in [1.165, 1.54) is 6.92 Å². The maximum absolute atomic E-state index is 14.7. The van der Waals surface area contributed by atoms with E-state index >= 15 is 0 Å². The second-order valence-electron chi connectivity index (χ2n) is 19.6. The molecule has 11 N–H and O–H groups in total. The zero-order valence-corrected chi connectivity index (χ0v) is 43.3. The van der Waals surface area contributed by atoms with E-state index in [1.54, 1.807) is 39.0 Å². The van der Waals surface area contributed by atoms with Crippen molar-refractivity contribution in [3.05, 3.63) is 71.1 Å². The van der Waals surface area contributed by atoms with Gasteiger partial charge in [0.2, 0.25) is 42.0 Å². The Morgan fingerprint density at radius 1 is 0.811 bits per heavy atom. The van der Waals surface area contributed by atoms with Crippen molar-refractivity contribution in [1.29, 1.82) is 0 Å². The van der Waals surface area contributed by atoms with Crippen LogP contribution in [-0.4, -0.2) is 199 Å². The zero-order valence-electron chi connectivity index (χ0n) is 41.7. The molecule has 0 aliphatic carbocycles. The monoisotopic (exact) mass is 1100 g/mol. The molecular weight excluding hydrogens is 1040 g/mol. The van der Waals surface area contributed by atoms with Gasteiger partial charge in [0.05, 0.1) is 37.1 Å². The van der Waals surface area contributed by atoms with Crippen molar-refractivity contribution in [2.75, 3.05) is 38.1 Å². The summed E-state index contributed by atoms with van der Waals surface area (Å²) in [5.74, 6) is -7.02. The molecule has 13 atom stereocenters. The summed E-state index contributed by atoms with van der Waals surface area (Å²) < 4.78 is 17.3. The first-order chi connectivity index (χ1) is 34.9. The third-order valence-electron chi connectivity index (χ3n) is 12.4. The molecule has 3 saturated heterocycles. The molecular formula is C49H67BrN8O16. The van der Waals surface area contributed by atoms with Gasteiger partial charge in [-0.05, 0) is 51.0 Å². The lowest BCUT2D eigenvalue weighted by molar-refractivity contribution is -0.147. The highest BCUT2D eigenvalue weighted by molar-refractivity contribution is 9.09. The summed E-state index contributed by atoms with van der Waals surface area (Å²) in [6.45, 7) is 12.9. The van der Waals surface area contributed by atoms with Gasteiger partial charge in [-0.2, -0.15) is 0 Å². The minimum absolute atomic E-state index is 0.177. The Morgan fingerprint density at radius 3 is 2.12 bits per heavy atom. The molecule has 0 saturated carbocycles. The number of hydrogen-bond acceptors (Lipinski definition) is 16. The highest BCUT2D eigenvalue weighted by atomic mass is 79.9. The summed E-state index contributed by atoms with van der Waals surface area (Å²) in [6.07, 6.45) is -12.7. The Morgan fingerprint density at radius 2 is 1.47 bits per heavy atom. The van der Waals surface area contributed by atoms with Gasteiger partial charge in [0, 0.05) is 50.1 Å². The van der Waals surface area contributed by atoms with Gasteiger partial charge in [0.1, 0.15) is 48.5 Å². The topological polar surface area (TPSA) is 340 Å². The average Bonchev–Trinajstić information content (AvgIpc) is 3.88. The number of hydrogen-bond donors (Lipinski definition) is 11. The van der Waals surface area contributed by atoms with Crippen LogP contribution in [0.2, 0.25) is 0 Å². The molecule has 0 aromatic heterocycles.